The fourth-order valence-electron chi connectivity index (χ4n) is 0.493. The van der Waals surface area contributed by atoms with Crippen LogP contribution in [-0.4, -0.2) is 0 Å². The zero-order chi connectivity index (χ0) is 5.98. The van der Waals surface area contributed by atoms with Crippen molar-refractivity contribution in [2.75, 3.05) is 0 Å². The van der Waals surface area contributed by atoms with Crippen molar-refractivity contribution in [2.24, 2.45) is 7.05 Å². The fraction of sp³-hybridized carbons (Fsp3) is 0.167. The van der Waals surface area contributed by atoms with Crippen molar-refractivity contribution in [3.05, 3.63) is 24.5 Å². The minimum Gasteiger partial charge on any atom is -0.208 e. The van der Waals surface area contributed by atoms with Crippen molar-refractivity contribution in [1.82, 2.24) is 0 Å². The summed E-state index contributed by atoms with van der Waals surface area (Å²) in [6.45, 7) is 0. The summed E-state index contributed by atoms with van der Waals surface area (Å²) >= 11 is 4.12. The molecule has 0 aliphatic carbocycles. The topological polar surface area (TPSA) is 3.88 Å². The number of nitrogens with zero attached hydrogens (tertiary/aromatic N) is 1. The maximum atomic E-state index is 4.12. The Morgan fingerprint density at radius 2 is 1.88 bits per heavy atom. The van der Waals surface area contributed by atoms with Crippen LogP contribution >= 0.6 is 12.6 Å². The summed E-state index contributed by atoms with van der Waals surface area (Å²) in [7, 11) is 1.98. The molecule has 1 aromatic heterocycles. The number of hydrogen-bond acceptors (Lipinski definition) is 1. The van der Waals surface area contributed by atoms with Crippen molar-refractivity contribution < 1.29 is 4.57 Å². The van der Waals surface area contributed by atoms with Gasteiger partial charge in [0.25, 0.3) is 0 Å². The first kappa shape index (κ1) is 5.63. The zero-order valence-corrected chi connectivity index (χ0v) is 5.60. The smallest absolute Gasteiger partial charge is 0.169 e. The lowest BCUT2D eigenvalue weighted by Crippen LogP contribution is -2.25. The normalized spacial score (nSPS) is 9.25. The van der Waals surface area contributed by atoms with E-state index in [0.29, 0.717) is 0 Å². The molecule has 0 spiro atoms. The molecule has 0 aliphatic rings. The lowest BCUT2D eigenvalue weighted by molar-refractivity contribution is -0.671. The van der Waals surface area contributed by atoms with Crippen LogP contribution in [0.3, 0.4) is 0 Å². The molecule has 1 nitrogen and oxygen atoms in total. The second-order valence-corrected chi connectivity index (χ2v) is 2.24. The molecule has 0 radical (unpaired) electrons. The van der Waals surface area contributed by atoms with E-state index in [-0.39, 0.29) is 0 Å². The molecule has 1 rings (SSSR count). The number of rotatable bonds is 0. The van der Waals surface area contributed by atoms with E-state index < -0.39 is 0 Å². The molecule has 0 unspecified atom stereocenters. The predicted octanol–water partition coefficient (Wildman–Crippen LogP) is 0.800. The van der Waals surface area contributed by atoms with E-state index in [0.717, 1.165) is 4.90 Å². The van der Waals surface area contributed by atoms with Crippen LogP contribution in [0.25, 0.3) is 0 Å². The molecule has 42 valence electrons. The van der Waals surface area contributed by atoms with Gasteiger partial charge < -0.3 is 0 Å². The van der Waals surface area contributed by atoms with Gasteiger partial charge in [-0.15, -0.1) is 12.6 Å². The molecular formula is C6H8NS+. The van der Waals surface area contributed by atoms with Crippen LogP contribution in [0, 0.1) is 0 Å². The van der Waals surface area contributed by atoms with Gasteiger partial charge >= 0.3 is 0 Å². The van der Waals surface area contributed by atoms with Gasteiger partial charge in [-0.2, -0.15) is 0 Å². The summed E-state index contributed by atoms with van der Waals surface area (Å²) in [6, 6.07) is 3.90. The third-order valence-corrected chi connectivity index (χ3v) is 1.26. The van der Waals surface area contributed by atoms with Crippen LogP contribution in [0.2, 0.25) is 0 Å². The molecule has 0 atom stereocenters. The number of thiol groups is 1. The highest BCUT2D eigenvalue weighted by Gasteiger charge is 1.86. The van der Waals surface area contributed by atoms with Crippen molar-refractivity contribution in [2.45, 2.75) is 4.90 Å². The van der Waals surface area contributed by atoms with Crippen LogP contribution in [0.4, 0.5) is 0 Å². The van der Waals surface area contributed by atoms with Gasteiger partial charge in [0.1, 0.15) is 7.05 Å². The molecule has 8 heavy (non-hydrogen) atoms. The minimum atomic E-state index is 1.00. The summed E-state index contributed by atoms with van der Waals surface area (Å²) in [6.07, 6.45) is 3.92. The van der Waals surface area contributed by atoms with E-state index in [1.54, 1.807) is 0 Å². The number of hydrogen-bond donors (Lipinski definition) is 1. The van der Waals surface area contributed by atoms with Gasteiger partial charge in [0.2, 0.25) is 0 Å². The minimum absolute atomic E-state index is 1.00. The molecule has 1 aromatic rings. The first-order valence-electron chi connectivity index (χ1n) is 2.43. The quantitative estimate of drug-likeness (QED) is 0.387. The molecule has 0 saturated carbocycles. The van der Waals surface area contributed by atoms with E-state index in [9.17, 15) is 0 Å². The largest absolute Gasteiger partial charge is 0.208 e. The van der Waals surface area contributed by atoms with Gasteiger partial charge in [-0.1, -0.05) is 0 Å². The van der Waals surface area contributed by atoms with Crippen molar-refractivity contribution in [3.63, 3.8) is 0 Å². The highest BCUT2D eigenvalue weighted by Crippen LogP contribution is 1.97. The van der Waals surface area contributed by atoms with Crippen molar-refractivity contribution in [3.8, 4) is 0 Å². The average Bonchev–Trinajstić information content (AvgIpc) is 1.77. The summed E-state index contributed by atoms with van der Waals surface area (Å²) in [5, 5.41) is 0. The third kappa shape index (κ3) is 1.23. The lowest BCUT2D eigenvalue weighted by atomic mass is 10.5. The fourth-order valence-corrected chi connectivity index (χ4v) is 0.626. The molecule has 0 bridgehead atoms. The second kappa shape index (κ2) is 2.18. The Morgan fingerprint density at radius 1 is 1.38 bits per heavy atom. The maximum absolute atomic E-state index is 4.12. The molecule has 1 heterocycles. The van der Waals surface area contributed by atoms with E-state index in [2.05, 4.69) is 12.6 Å². The Labute approximate surface area is 54.4 Å². The second-order valence-electron chi connectivity index (χ2n) is 1.72. The Bertz CT molecular complexity index is 147. The Balaban J connectivity index is 3.03. The molecule has 0 aliphatic heterocycles. The Hall–Kier alpha value is -0.500. The van der Waals surface area contributed by atoms with Gasteiger partial charge in [-0.25, -0.2) is 4.57 Å². The Kier molecular flexibility index (Phi) is 1.53. The van der Waals surface area contributed by atoms with Crippen LogP contribution in [0.15, 0.2) is 29.4 Å². The molecular weight excluding hydrogens is 118 g/mol. The van der Waals surface area contributed by atoms with E-state index in [1.807, 2.05) is 36.1 Å². The van der Waals surface area contributed by atoms with E-state index >= 15 is 0 Å². The average molecular weight is 126 g/mol. The van der Waals surface area contributed by atoms with Crippen LogP contribution in [0.1, 0.15) is 0 Å². The van der Waals surface area contributed by atoms with Crippen LogP contribution < -0.4 is 4.57 Å². The van der Waals surface area contributed by atoms with Crippen LogP contribution in [-0.2, 0) is 7.05 Å². The summed E-state index contributed by atoms with van der Waals surface area (Å²) < 4.78 is 1.97. The predicted molar refractivity (Wildman–Crippen MR) is 34.9 cm³/mol. The number of aryl methyl sites for hydroxylation is 1. The summed E-state index contributed by atoms with van der Waals surface area (Å²) in [5.74, 6) is 0. The number of pyridine rings is 1. The van der Waals surface area contributed by atoms with Gasteiger partial charge in [-0.05, 0) is 0 Å². The standard InChI is InChI=1S/C6H7NS/c1-7-4-2-6(8)3-5-7/h2-5H,1H3/p+1. The lowest BCUT2D eigenvalue weighted by Gasteiger charge is -1.84. The van der Waals surface area contributed by atoms with E-state index in [4.69, 9.17) is 0 Å². The molecule has 0 aromatic carbocycles. The first-order chi connectivity index (χ1) is 3.79. The molecule has 0 N–H and O–H groups in total. The highest BCUT2D eigenvalue weighted by molar-refractivity contribution is 7.80. The SMILES string of the molecule is C[n+]1ccc(S)cc1. The van der Waals surface area contributed by atoms with Crippen LogP contribution in [0.5, 0.6) is 0 Å². The molecule has 0 saturated heterocycles. The summed E-state index contributed by atoms with van der Waals surface area (Å²) in [5.41, 5.74) is 0. The number of aromatic nitrogens is 1. The zero-order valence-electron chi connectivity index (χ0n) is 4.70. The van der Waals surface area contributed by atoms with Crippen molar-refractivity contribution in [1.29, 1.82) is 0 Å². The summed E-state index contributed by atoms with van der Waals surface area (Å²) in [4.78, 5) is 1.00. The monoisotopic (exact) mass is 126 g/mol. The molecule has 2 heteroatoms. The third-order valence-electron chi connectivity index (χ3n) is 0.961. The van der Waals surface area contributed by atoms with Gasteiger partial charge in [0, 0.05) is 17.0 Å². The maximum Gasteiger partial charge on any atom is 0.169 e. The van der Waals surface area contributed by atoms with Gasteiger partial charge in [-0.3, -0.25) is 0 Å². The Morgan fingerprint density at radius 3 is 2.25 bits per heavy atom. The van der Waals surface area contributed by atoms with Crippen molar-refractivity contribution >= 4 is 12.6 Å². The first-order valence-corrected chi connectivity index (χ1v) is 2.88. The van der Waals surface area contributed by atoms with Gasteiger partial charge in [0.15, 0.2) is 12.4 Å². The van der Waals surface area contributed by atoms with Gasteiger partial charge in [0.05, 0.1) is 0 Å². The van der Waals surface area contributed by atoms with E-state index in [1.165, 1.54) is 0 Å². The highest BCUT2D eigenvalue weighted by atomic mass is 32.1. The molecule has 0 fully saturated rings. The molecule has 0 amide bonds.